The molecule has 1 aromatic heterocycles. The Morgan fingerprint density at radius 3 is 2.71 bits per heavy atom. The van der Waals surface area contributed by atoms with Gasteiger partial charge in [-0.1, -0.05) is 13.3 Å². The number of imide groups is 1. The third-order valence-electron chi connectivity index (χ3n) is 5.69. The minimum Gasteiger partial charge on any atom is -0.449 e. The molecule has 2 aliphatic heterocycles. The van der Waals surface area contributed by atoms with Crippen LogP contribution in [0.1, 0.15) is 68.2 Å². The average Bonchev–Trinajstić information content (AvgIpc) is 3.34. The smallest absolute Gasteiger partial charge is 0.338 e. The van der Waals surface area contributed by atoms with E-state index in [9.17, 15) is 19.2 Å². The van der Waals surface area contributed by atoms with Gasteiger partial charge >= 0.3 is 5.97 Å². The lowest BCUT2D eigenvalue weighted by Crippen LogP contribution is -2.42. The summed E-state index contributed by atoms with van der Waals surface area (Å²) in [5, 5.41) is 2.02. The number of carbonyl (C=O) groups is 4. The van der Waals surface area contributed by atoms with Gasteiger partial charge in [0.2, 0.25) is 0 Å². The fourth-order valence-electron chi connectivity index (χ4n) is 3.91. The van der Waals surface area contributed by atoms with E-state index in [0.29, 0.717) is 25.2 Å². The molecule has 162 valence electrons. The second kappa shape index (κ2) is 8.63. The van der Waals surface area contributed by atoms with Crippen LogP contribution in [0.25, 0.3) is 0 Å². The molecule has 3 amide bonds. The zero-order valence-corrected chi connectivity index (χ0v) is 18.4. The number of carbonyl (C=O) groups excluding carboxylic acids is 4. The highest BCUT2D eigenvalue weighted by Gasteiger charge is 2.36. The van der Waals surface area contributed by atoms with Crippen molar-refractivity contribution in [2.45, 2.75) is 45.8 Å². The van der Waals surface area contributed by atoms with Crippen molar-refractivity contribution in [2.75, 3.05) is 13.1 Å². The number of nitrogens with zero attached hydrogens (tertiary/aromatic N) is 2. The lowest BCUT2D eigenvalue weighted by Gasteiger charge is -2.29. The molecule has 0 radical (unpaired) electrons. The first-order chi connectivity index (χ1) is 14.9. The zero-order chi connectivity index (χ0) is 22.1. The number of benzene rings is 1. The van der Waals surface area contributed by atoms with Crippen molar-refractivity contribution >= 4 is 35.0 Å². The topological polar surface area (TPSA) is 84.0 Å². The summed E-state index contributed by atoms with van der Waals surface area (Å²) >= 11 is 1.69. The van der Waals surface area contributed by atoms with E-state index in [1.54, 1.807) is 23.2 Å². The summed E-state index contributed by atoms with van der Waals surface area (Å²) in [6.07, 6.45) is 1.44. The second-order valence-corrected chi connectivity index (χ2v) is 8.80. The lowest BCUT2D eigenvalue weighted by atomic mass is 10.1. The van der Waals surface area contributed by atoms with Crippen molar-refractivity contribution in [3.63, 3.8) is 0 Å². The molecule has 1 unspecified atom stereocenters. The van der Waals surface area contributed by atoms with E-state index in [0.717, 1.165) is 24.8 Å². The predicted octanol–water partition coefficient (Wildman–Crippen LogP) is 3.27. The van der Waals surface area contributed by atoms with E-state index in [1.165, 1.54) is 28.0 Å². The number of amides is 3. The normalized spacial score (nSPS) is 16.2. The molecule has 7 nitrogen and oxygen atoms in total. The monoisotopic (exact) mass is 440 g/mol. The molecule has 2 aliphatic rings. The third kappa shape index (κ3) is 3.99. The second-order valence-electron chi connectivity index (χ2n) is 7.80. The Labute approximate surface area is 184 Å². The largest absolute Gasteiger partial charge is 0.449 e. The van der Waals surface area contributed by atoms with E-state index in [1.807, 2.05) is 18.4 Å². The van der Waals surface area contributed by atoms with Gasteiger partial charge in [-0.2, -0.15) is 0 Å². The van der Waals surface area contributed by atoms with Gasteiger partial charge in [0.25, 0.3) is 17.7 Å². The summed E-state index contributed by atoms with van der Waals surface area (Å²) in [5.41, 5.74) is 1.78. The van der Waals surface area contributed by atoms with Crippen LogP contribution in [0.5, 0.6) is 0 Å². The van der Waals surface area contributed by atoms with Gasteiger partial charge in [0.05, 0.1) is 16.7 Å². The SMILES string of the molecule is CCCCN1C(=O)c2ccc(C(=O)OC(C)C(=O)N3CCc4sccc4C3)cc2C1=O. The van der Waals surface area contributed by atoms with Crippen LogP contribution in [-0.2, 0) is 22.5 Å². The quantitative estimate of drug-likeness (QED) is 0.509. The molecular formula is C23H24N2O5S. The minimum absolute atomic E-state index is 0.149. The molecule has 0 N–H and O–H groups in total. The molecule has 0 fully saturated rings. The van der Waals surface area contributed by atoms with Crippen LogP contribution in [-0.4, -0.2) is 52.7 Å². The van der Waals surface area contributed by atoms with Gasteiger partial charge in [-0.05, 0) is 55.0 Å². The van der Waals surface area contributed by atoms with Crippen LogP contribution in [0.15, 0.2) is 29.6 Å². The van der Waals surface area contributed by atoms with Crippen molar-refractivity contribution in [1.82, 2.24) is 9.80 Å². The zero-order valence-electron chi connectivity index (χ0n) is 17.6. The number of esters is 1. The number of fused-ring (bicyclic) bond motifs is 2. The van der Waals surface area contributed by atoms with Crippen LogP contribution in [0.2, 0.25) is 0 Å². The van der Waals surface area contributed by atoms with Crippen LogP contribution < -0.4 is 0 Å². The van der Waals surface area contributed by atoms with Gasteiger partial charge in [-0.15, -0.1) is 11.3 Å². The van der Waals surface area contributed by atoms with Gasteiger partial charge in [0, 0.05) is 24.5 Å². The molecule has 1 aromatic carbocycles. The van der Waals surface area contributed by atoms with Crippen molar-refractivity contribution < 1.29 is 23.9 Å². The molecule has 1 atom stereocenters. The Morgan fingerprint density at radius 2 is 1.94 bits per heavy atom. The standard InChI is InChI=1S/C23H24N2O5S/c1-3-4-9-25-21(27)17-6-5-15(12-18(17)22(25)28)23(29)30-14(2)20(26)24-10-7-19-16(13-24)8-11-31-19/h5-6,8,11-12,14H,3-4,7,9-10,13H2,1-2H3. The first-order valence-electron chi connectivity index (χ1n) is 10.5. The first kappa shape index (κ1) is 21.2. The van der Waals surface area contributed by atoms with Crippen molar-refractivity contribution in [2.24, 2.45) is 0 Å². The van der Waals surface area contributed by atoms with Crippen molar-refractivity contribution in [1.29, 1.82) is 0 Å². The molecule has 0 saturated heterocycles. The molecule has 0 bridgehead atoms. The summed E-state index contributed by atoms with van der Waals surface area (Å²) in [5.74, 6) is -1.67. The molecule has 8 heteroatoms. The Kier molecular flexibility index (Phi) is 5.91. The molecular weight excluding hydrogens is 416 g/mol. The lowest BCUT2D eigenvalue weighted by molar-refractivity contribution is -0.140. The van der Waals surface area contributed by atoms with Crippen LogP contribution in [0.3, 0.4) is 0 Å². The van der Waals surface area contributed by atoms with Crippen LogP contribution in [0, 0.1) is 0 Å². The highest BCUT2D eigenvalue weighted by molar-refractivity contribution is 7.10. The highest BCUT2D eigenvalue weighted by atomic mass is 32.1. The maximum absolute atomic E-state index is 12.8. The van der Waals surface area contributed by atoms with E-state index in [4.69, 9.17) is 4.74 Å². The van der Waals surface area contributed by atoms with Crippen molar-refractivity contribution in [3.8, 4) is 0 Å². The Morgan fingerprint density at radius 1 is 1.16 bits per heavy atom. The maximum atomic E-state index is 12.8. The van der Waals surface area contributed by atoms with Gasteiger partial charge in [-0.25, -0.2) is 4.79 Å². The van der Waals surface area contributed by atoms with E-state index in [-0.39, 0.29) is 22.9 Å². The average molecular weight is 441 g/mol. The number of hydrogen-bond donors (Lipinski definition) is 0. The molecule has 0 aliphatic carbocycles. The van der Waals surface area contributed by atoms with E-state index < -0.39 is 18.0 Å². The maximum Gasteiger partial charge on any atom is 0.338 e. The summed E-state index contributed by atoms with van der Waals surface area (Å²) < 4.78 is 5.40. The van der Waals surface area contributed by atoms with Crippen LogP contribution >= 0.6 is 11.3 Å². The number of hydrogen-bond acceptors (Lipinski definition) is 6. The predicted molar refractivity (Wildman–Crippen MR) is 115 cm³/mol. The number of rotatable bonds is 6. The van der Waals surface area contributed by atoms with E-state index >= 15 is 0 Å². The molecule has 0 saturated carbocycles. The summed E-state index contributed by atoms with van der Waals surface area (Å²) in [4.78, 5) is 54.7. The van der Waals surface area contributed by atoms with Gasteiger partial charge in [-0.3, -0.25) is 19.3 Å². The highest BCUT2D eigenvalue weighted by Crippen LogP contribution is 2.26. The minimum atomic E-state index is -0.945. The van der Waals surface area contributed by atoms with Gasteiger partial charge in [0.15, 0.2) is 6.10 Å². The van der Waals surface area contributed by atoms with Gasteiger partial charge in [0.1, 0.15) is 0 Å². The fourth-order valence-corrected chi connectivity index (χ4v) is 4.80. The molecule has 2 aromatic rings. The summed E-state index contributed by atoms with van der Waals surface area (Å²) in [6, 6.07) is 6.35. The van der Waals surface area contributed by atoms with E-state index in [2.05, 4.69) is 0 Å². The molecule has 3 heterocycles. The number of ether oxygens (including phenoxy) is 1. The number of thiophene rings is 1. The number of unbranched alkanes of at least 4 members (excludes halogenated alkanes) is 1. The van der Waals surface area contributed by atoms with Crippen LogP contribution in [0.4, 0.5) is 0 Å². The first-order valence-corrected chi connectivity index (χ1v) is 11.3. The molecule has 31 heavy (non-hydrogen) atoms. The van der Waals surface area contributed by atoms with Crippen molar-refractivity contribution in [3.05, 3.63) is 56.8 Å². The summed E-state index contributed by atoms with van der Waals surface area (Å²) in [7, 11) is 0. The fraction of sp³-hybridized carbons (Fsp3) is 0.391. The summed E-state index contributed by atoms with van der Waals surface area (Å²) in [6.45, 7) is 5.01. The molecule has 4 rings (SSSR count). The Bertz CT molecular complexity index is 1060. The Balaban J connectivity index is 1.43. The van der Waals surface area contributed by atoms with Gasteiger partial charge < -0.3 is 9.64 Å². The molecule has 0 spiro atoms. The Hall–Kier alpha value is -3.00. The third-order valence-corrected chi connectivity index (χ3v) is 6.72.